The Morgan fingerprint density at radius 1 is 1.30 bits per heavy atom. The van der Waals surface area contributed by atoms with Gasteiger partial charge in [-0.15, -0.1) is 22.7 Å². The first-order chi connectivity index (χ1) is 13.0. The number of likely N-dealkylation sites (N-methyl/N-ethyl adjacent to an activating group) is 1. The fraction of sp³-hybridized carbons (Fsp3) is 0.526. The molecule has 0 saturated heterocycles. The third-order valence-corrected chi connectivity index (χ3v) is 6.51. The van der Waals surface area contributed by atoms with Gasteiger partial charge >= 0.3 is 0 Å². The molecule has 0 unspecified atom stereocenters. The molecule has 8 heteroatoms. The third kappa shape index (κ3) is 5.52. The van der Waals surface area contributed by atoms with Crippen LogP contribution in [0, 0.1) is 0 Å². The summed E-state index contributed by atoms with van der Waals surface area (Å²) in [5, 5.41) is 6.57. The van der Waals surface area contributed by atoms with Gasteiger partial charge in [-0.1, -0.05) is 6.07 Å². The predicted molar refractivity (Wildman–Crippen MR) is 112 cm³/mol. The Bertz CT molecular complexity index is 759. The monoisotopic (exact) mass is 405 g/mol. The van der Waals surface area contributed by atoms with Gasteiger partial charge in [0, 0.05) is 30.9 Å². The molecule has 0 aromatic carbocycles. The van der Waals surface area contributed by atoms with Crippen LogP contribution in [0.1, 0.15) is 33.3 Å². The molecule has 0 spiro atoms. The van der Waals surface area contributed by atoms with Crippen molar-refractivity contribution in [2.24, 2.45) is 4.99 Å². The number of hydrogen-bond acceptors (Lipinski definition) is 5. The number of carbonyl (C=O) groups is 1. The van der Waals surface area contributed by atoms with Crippen molar-refractivity contribution in [3.63, 3.8) is 0 Å². The number of aliphatic imine (C=N–C) groups is 1. The summed E-state index contributed by atoms with van der Waals surface area (Å²) in [6, 6.07) is 4.13. The maximum absolute atomic E-state index is 12.0. The molecule has 0 saturated carbocycles. The van der Waals surface area contributed by atoms with E-state index >= 15 is 0 Å². The fourth-order valence-corrected chi connectivity index (χ4v) is 4.78. The van der Waals surface area contributed by atoms with Crippen LogP contribution < -0.4 is 5.32 Å². The molecule has 27 heavy (non-hydrogen) atoms. The number of guanidine groups is 1. The lowest BCUT2D eigenvalue weighted by atomic mass is 10.0. The topological polar surface area (TPSA) is 60.8 Å². The smallest absolute Gasteiger partial charge is 0.243 e. The first-order valence-electron chi connectivity index (χ1n) is 9.22. The van der Waals surface area contributed by atoms with E-state index in [1.165, 1.54) is 28.3 Å². The molecule has 2 heterocycles. The largest absolute Gasteiger partial charge is 0.351 e. The van der Waals surface area contributed by atoms with Crippen LogP contribution in [0.25, 0.3) is 0 Å². The van der Waals surface area contributed by atoms with Gasteiger partial charge in [0.25, 0.3) is 0 Å². The Hall–Kier alpha value is -1.93. The highest BCUT2D eigenvalue weighted by atomic mass is 32.1. The van der Waals surface area contributed by atoms with Crippen LogP contribution >= 0.6 is 22.7 Å². The van der Waals surface area contributed by atoms with Crippen molar-refractivity contribution in [2.75, 3.05) is 27.7 Å². The van der Waals surface area contributed by atoms with E-state index in [9.17, 15) is 4.79 Å². The van der Waals surface area contributed by atoms with Crippen molar-refractivity contribution in [1.29, 1.82) is 0 Å². The molecule has 146 valence electrons. The lowest BCUT2D eigenvalue weighted by Crippen LogP contribution is -2.39. The summed E-state index contributed by atoms with van der Waals surface area (Å²) >= 11 is 3.52. The molecule has 1 aliphatic carbocycles. The minimum atomic E-state index is -0.0106. The standard InChI is InChI=1S/C19H27N5OS2/c1-23(2)18(25)12-21-19(20-11-14-7-6-10-26-14)24(3)13-17-22-15-8-4-5-9-16(15)27-17/h6-7,10H,4-5,8-9,11-13H2,1-3H3,(H,20,21). The van der Waals surface area contributed by atoms with E-state index in [-0.39, 0.29) is 12.5 Å². The van der Waals surface area contributed by atoms with Crippen molar-refractivity contribution in [3.05, 3.63) is 38.0 Å². The summed E-state index contributed by atoms with van der Waals surface area (Å²) in [5.41, 5.74) is 1.28. The van der Waals surface area contributed by atoms with E-state index in [1.807, 2.05) is 24.5 Å². The molecular formula is C19H27N5OS2. The van der Waals surface area contributed by atoms with Crippen LogP contribution in [-0.2, 0) is 30.7 Å². The van der Waals surface area contributed by atoms with Gasteiger partial charge in [0.15, 0.2) is 5.96 Å². The average molecular weight is 406 g/mol. The third-order valence-electron chi connectivity index (χ3n) is 4.49. The molecule has 1 amide bonds. The molecule has 2 aromatic rings. The van der Waals surface area contributed by atoms with Gasteiger partial charge in [0.2, 0.25) is 5.91 Å². The number of amides is 1. The van der Waals surface area contributed by atoms with E-state index < -0.39 is 0 Å². The number of fused-ring (bicyclic) bond motifs is 1. The summed E-state index contributed by atoms with van der Waals surface area (Å²) < 4.78 is 0. The maximum atomic E-state index is 12.0. The first kappa shape index (κ1) is 19.8. The molecule has 2 aromatic heterocycles. The number of nitrogens with one attached hydrogen (secondary N) is 1. The second-order valence-electron chi connectivity index (χ2n) is 6.90. The van der Waals surface area contributed by atoms with Crippen LogP contribution in [0.5, 0.6) is 0 Å². The number of aryl methyl sites for hydroxylation is 2. The minimum Gasteiger partial charge on any atom is -0.351 e. The minimum absolute atomic E-state index is 0.0106. The van der Waals surface area contributed by atoms with E-state index in [2.05, 4.69) is 26.7 Å². The van der Waals surface area contributed by atoms with Crippen LogP contribution in [0.15, 0.2) is 22.5 Å². The summed E-state index contributed by atoms with van der Waals surface area (Å²) in [4.78, 5) is 27.6. The SMILES string of the molecule is CN(C)C(=O)CN=C(NCc1cccs1)N(C)Cc1nc2c(s1)CCCC2. The Morgan fingerprint density at radius 3 is 2.81 bits per heavy atom. The molecule has 0 radical (unpaired) electrons. The van der Waals surface area contributed by atoms with Gasteiger partial charge < -0.3 is 15.1 Å². The van der Waals surface area contributed by atoms with E-state index in [0.717, 1.165) is 23.8 Å². The molecule has 0 atom stereocenters. The second kappa shape index (κ2) is 9.32. The number of nitrogens with zero attached hydrogens (tertiary/aromatic N) is 4. The van der Waals surface area contributed by atoms with Crippen LogP contribution in [0.3, 0.4) is 0 Å². The van der Waals surface area contributed by atoms with Gasteiger partial charge in [-0.05, 0) is 37.1 Å². The van der Waals surface area contributed by atoms with Crippen LogP contribution in [-0.4, -0.2) is 54.3 Å². The van der Waals surface area contributed by atoms with E-state index in [0.29, 0.717) is 13.1 Å². The maximum Gasteiger partial charge on any atom is 0.243 e. The molecule has 0 fully saturated rings. The zero-order valence-electron chi connectivity index (χ0n) is 16.2. The van der Waals surface area contributed by atoms with E-state index in [4.69, 9.17) is 4.98 Å². The normalized spacial score (nSPS) is 14.0. The quantitative estimate of drug-likeness (QED) is 0.593. The lowest BCUT2D eigenvalue weighted by Gasteiger charge is -2.21. The molecule has 0 aliphatic heterocycles. The zero-order valence-corrected chi connectivity index (χ0v) is 17.8. The number of aromatic nitrogens is 1. The van der Waals surface area contributed by atoms with Gasteiger partial charge in [-0.25, -0.2) is 9.98 Å². The predicted octanol–water partition coefficient (Wildman–Crippen LogP) is 2.75. The lowest BCUT2D eigenvalue weighted by molar-refractivity contribution is -0.127. The average Bonchev–Trinajstić information content (AvgIpc) is 3.29. The fourth-order valence-electron chi connectivity index (χ4n) is 2.93. The van der Waals surface area contributed by atoms with Gasteiger partial charge in [-0.3, -0.25) is 4.79 Å². The summed E-state index contributed by atoms with van der Waals surface area (Å²) in [5.74, 6) is 0.718. The molecule has 3 rings (SSSR count). The number of thiophene rings is 1. The Morgan fingerprint density at radius 2 is 2.11 bits per heavy atom. The highest BCUT2D eigenvalue weighted by molar-refractivity contribution is 7.11. The Kier molecular flexibility index (Phi) is 6.84. The van der Waals surface area contributed by atoms with Crippen molar-refractivity contribution in [3.8, 4) is 0 Å². The molecule has 0 bridgehead atoms. The van der Waals surface area contributed by atoms with Crippen molar-refractivity contribution in [2.45, 2.75) is 38.8 Å². The summed E-state index contributed by atoms with van der Waals surface area (Å²) in [7, 11) is 5.50. The summed E-state index contributed by atoms with van der Waals surface area (Å²) in [6.07, 6.45) is 4.77. The van der Waals surface area contributed by atoms with Crippen LogP contribution in [0.4, 0.5) is 0 Å². The number of thiazole rings is 1. The van der Waals surface area contributed by atoms with Gasteiger partial charge in [-0.2, -0.15) is 0 Å². The van der Waals surface area contributed by atoms with Gasteiger partial charge in [0.1, 0.15) is 11.6 Å². The second-order valence-corrected chi connectivity index (χ2v) is 9.10. The van der Waals surface area contributed by atoms with Crippen LogP contribution in [0.2, 0.25) is 0 Å². The van der Waals surface area contributed by atoms with Crippen molar-refractivity contribution in [1.82, 2.24) is 20.1 Å². The Balaban J connectivity index is 1.68. The molecule has 1 N–H and O–H groups in total. The highest BCUT2D eigenvalue weighted by Gasteiger charge is 2.17. The Labute approximate surface area is 168 Å². The van der Waals surface area contributed by atoms with Crippen molar-refractivity contribution >= 4 is 34.5 Å². The first-order valence-corrected chi connectivity index (χ1v) is 10.9. The molecule has 1 aliphatic rings. The number of carbonyl (C=O) groups excluding carboxylic acids is 1. The van der Waals surface area contributed by atoms with Crippen molar-refractivity contribution < 1.29 is 4.79 Å². The number of hydrogen-bond donors (Lipinski definition) is 1. The zero-order chi connectivity index (χ0) is 19.2. The molecule has 6 nitrogen and oxygen atoms in total. The highest BCUT2D eigenvalue weighted by Crippen LogP contribution is 2.27. The summed E-state index contributed by atoms with van der Waals surface area (Å²) in [6.45, 7) is 1.54. The molecular weight excluding hydrogens is 378 g/mol. The van der Waals surface area contributed by atoms with E-state index in [1.54, 1.807) is 30.3 Å². The number of rotatable bonds is 6. The van der Waals surface area contributed by atoms with Gasteiger partial charge in [0.05, 0.1) is 18.8 Å².